The molecular formula is C15H12BrIN2O2. The maximum atomic E-state index is 11.6. The Morgan fingerprint density at radius 2 is 2.05 bits per heavy atom. The molecule has 2 aromatic rings. The van der Waals surface area contributed by atoms with Crippen molar-refractivity contribution >= 4 is 50.6 Å². The maximum absolute atomic E-state index is 11.6. The minimum Gasteiger partial charge on any atom is -0.484 e. The van der Waals surface area contributed by atoms with Crippen molar-refractivity contribution in [2.24, 2.45) is 5.10 Å². The van der Waals surface area contributed by atoms with E-state index >= 15 is 0 Å². The molecular weight excluding hydrogens is 447 g/mol. The lowest BCUT2D eigenvalue weighted by atomic mass is 10.2. The van der Waals surface area contributed by atoms with E-state index in [0.717, 1.165) is 13.6 Å². The van der Waals surface area contributed by atoms with E-state index in [-0.39, 0.29) is 12.5 Å². The number of ether oxygens (including phenoxy) is 1. The molecule has 1 N–H and O–H groups in total. The van der Waals surface area contributed by atoms with Crippen molar-refractivity contribution in [3.05, 3.63) is 62.1 Å². The normalized spacial score (nSPS) is 10.6. The van der Waals surface area contributed by atoms with Gasteiger partial charge in [-0.15, -0.1) is 0 Å². The first-order chi connectivity index (χ1) is 10.1. The van der Waals surface area contributed by atoms with E-state index in [2.05, 4.69) is 49.0 Å². The van der Waals surface area contributed by atoms with E-state index in [9.17, 15) is 4.79 Å². The Labute approximate surface area is 144 Å². The Kier molecular flexibility index (Phi) is 6.19. The highest BCUT2D eigenvalue weighted by Gasteiger charge is 2.01. The molecule has 0 saturated heterocycles. The topological polar surface area (TPSA) is 50.7 Å². The molecule has 6 heteroatoms. The molecule has 2 aromatic carbocycles. The van der Waals surface area contributed by atoms with Crippen LogP contribution in [-0.4, -0.2) is 18.7 Å². The molecule has 0 radical (unpaired) electrons. The molecule has 21 heavy (non-hydrogen) atoms. The van der Waals surface area contributed by atoms with Crippen LogP contribution in [0.3, 0.4) is 0 Å². The minimum absolute atomic E-state index is 0.0730. The molecule has 4 nitrogen and oxygen atoms in total. The summed E-state index contributed by atoms with van der Waals surface area (Å²) in [5, 5.41) is 3.88. The third kappa shape index (κ3) is 5.84. The van der Waals surface area contributed by atoms with E-state index in [1.807, 2.05) is 48.5 Å². The number of nitrogens with one attached hydrogen (secondary N) is 1. The summed E-state index contributed by atoms with van der Waals surface area (Å²) >= 11 is 5.58. The van der Waals surface area contributed by atoms with Gasteiger partial charge in [0.2, 0.25) is 0 Å². The second kappa shape index (κ2) is 8.14. The number of carbonyl (C=O) groups excluding carboxylic acids is 1. The van der Waals surface area contributed by atoms with Crippen molar-refractivity contribution in [2.75, 3.05) is 6.61 Å². The van der Waals surface area contributed by atoms with Crippen LogP contribution < -0.4 is 10.2 Å². The van der Waals surface area contributed by atoms with E-state index < -0.39 is 0 Å². The first-order valence-electron chi connectivity index (χ1n) is 6.09. The molecule has 108 valence electrons. The predicted octanol–water partition coefficient (Wildman–Crippen LogP) is 3.58. The molecule has 0 saturated carbocycles. The zero-order valence-corrected chi connectivity index (χ0v) is 14.7. The number of carbonyl (C=O) groups is 1. The van der Waals surface area contributed by atoms with Crippen molar-refractivity contribution in [3.8, 4) is 5.75 Å². The Morgan fingerprint density at radius 3 is 2.76 bits per heavy atom. The van der Waals surface area contributed by atoms with Crippen LogP contribution in [-0.2, 0) is 4.79 Å². The Bertz CT molecular complexity index is 644. The zero-order chi connectivity index (χ0) is 15.1. The van der Waals surface area contributed by atoms with Gasteiger partial charge in [-0.25, -0.2) is 5.43 Å². The highest BCUT2D eigenvalue weighted by Crippen LogP contribution is 2.13. The van der Waals surface area contributed by atoms with Gasteiger partial charge in [0.25, 0.3) is 5.91 Å². The molecule has 0 bridgehead atoms. The number of halogens is 2. The SMILES string of the molecule is O=C(COc1ccc(I)cc1)N/N=C/c1cccc(Br)c1. The van der Waals surface area contributed by atoms with E-state index in [1.165, 1.54) is 0 Å². The van der Waals surface area contributed by atoms with E-state index in [4.69, 9.17) is 4.74 Å². The number of nitrogens with zero attached hydrogens (tertiary/aromatic N) is 1. The van der Waals surface area contributed by atoms with Crippen LogP contribution in [0, 0.1) is 3.57 Å². The average Bonchev–Trinajstić information content (AvgIpc) is 2.47. The third-order valence-corrected chi connectivity index (χ3v) is 3.65. The van der Waals surface area contributed by atoms with Crippen molar-refractivity contribution in [2.45, 2.75) is 0 Å². The summed E-state index contributed by atoms with van der Waals surface area (Å²) in [6, 6.07) is 15.1. The van der Waals surface area contributed by atoms with Crippen LogP contribution >= 0.6 is 38.5 Å². The summed E-state index contributed by atoms with van der Waals surface area (Å²) in [5.74, 6) is 0.348. The summed E-state index contributed by atoms with van der Waals surface area (Å²) in [5.41, 5.74) is 3.31. The second-order valence-corrected chi connectivity index (χ2v) is 6.25. The quantitative estimate of drug-likeness (QED) is 0.423. The standard InChI is InChI=1S/C15H12BrIN2O2/c16-12-3-1-2-11(8-12)9-18-19-15(20)10-21-14-6-4-13(17)5-7-14/h1-9H,10H2,(H,19,20)/b18-9+. The zero-order valence-electron chi connectivity index (χ0n) is 10.9. The van der Waals surface area contributed by atoms with Gasteiger partial charge >= 0.3 is 0 Å². The van der Waals surface area contributed by atoms with Crippen LogP contribution in [0.4, 0.5) is 0 Å². The molecule has 0 atom stereocenters. The van der Waals surface area contributed by atoms with Gasteiger partial charge in [-0.3, -0.25) is 4.79 Å². The van der Waals surface area contributed by atoms with Gasteiger partial charge in [-0.2, -0.15) is 5.10 Å². The number of amides is 1. The molecule has 0 spiro atoms. The first kappa shape index (κ1) is 16.0. The summed E-state index contributed by atoms with van der Waals surface area (Å²) < 4.78 is 7.42. The van der Waals surface area contributed by atoms with Crippen LogP contribution in [0.5, 0.6) is 5.75 Å². The van der Waals surface area contributed by atoms with Crippen LogP contribution in [0.2, 0.25) is 0 Å². The summed E-state index contributed by atoms with van der Waals surface area (Å²) in [6.07, 6.45) is 1.58. The molecule has 0 aromatic heterocycles. The number of hydrogen-bond acceptors (Lipinski definition) is 3. The summed E-state index contributed by atoms with van der Waals surface area (Å²) in [4.78, 5) is 11.6. The van der Waals surface area contributed by atoms with E-state index in [1.54, 1.807) is 6.21 Å². The Morgan fingerprint density at radius 1 is 1.29 bits per heavy atom. The molecule has 0 unspecified atom stereocenters. The Balaban J connectivity index is 1.78. The first-order valence-corrected chi connectivity index (χ1v) is 7.96. The molecule has 0 heterocycles. The lowest BCUT2D eigenvalue weighted by Gasteiger charge is -2.04. The highest BCUT2D eigenvalue weighted by atomic mass is 127. The fraction of sp³-hybridized carbons (Fsp3) is 0.0667. The van der Waals surface area contributed by atoms with Gasteiger partial charge in [0.1, 0.15) is 5.75 Å². The van der Waals surface area contributed by atoms with Gasteiger partial charge in [0.05, 0.1) is 6.21 Å². The molecule has 0 aliphatic heterocycles. The van der Waals surface area contributed by atoms with E-state index in [0.29, 0.717) is 5.75 Å². The monoisotopic (exact) mass is 458 g/mol. The number of hydrazone groups is 1. The third-order valence-electron chi connectivity index (χ3n) is 2.44. The lowest BCUT2D eigenvalue weighted by molar-refractivity contribution is -0.123. The lowest BCUT2D eigenvalue weighted by Crippen LogP contribution is -2.24. The van der Waals surface area contributed by atoms with Gasteiger partial charge in [-0.05, 0) is 64.6 Å². The number of benzene rings is 2. The molecule has 0 fully saturated rings. The van der Waals surface area contributed by atoms with Gasteiger partial charge in [-0.1, -0.05) is 28.1 Å². The highest BCUT2D eigenvalue weighted by molar-refractivity contribution is 14.1. The molecule has 0 aliphatic rings. The van der Waals surface area contributed by atoms with Crippen molar-refractivity contribution < 1.29 is 9.53 Å². The molecule has 0 aliphatic carbocycles. The largest absolute Gasteiger partial charge is 0.484 e. The second-order valence-electron chi connectivity index (χ2n) is 4.09. The fourth-order valence-electron chi connectivity index (χ4n) is 1.48. The predicted molar refractivity (Wildman–Crippen MR) is 94.5 cm³/mol. The average molecular weight is 459 g/mol. The maximum Gasteiger partial charge on any atom is 0.277 e. The Hall–Kier alpha value is -1.41. The van der Waals surface area contributed by atoms with Crippen molar-refractivity contribution in [1.82, 2.24) is 5.43 Å². The fourth-order valence-corrected chi connectivity index (χ4v) is 2.25. The van der Waals surface area contributed by atoms with Gasteiger partial charge in [0, 0.05) is 8.04 Å². The minimum atomic E-state index is -0.306. The molecule has 2 rings (SSSR count). The number of hydrogen-bond donors (Lipinski definition) is 1. The molecule has 1 amide bonds. The summed E-state index contributed by atoms with van der Waals surface area (Å²) in [6.45, 7) is -0.0730. The van der Waals surface area contributed by atoms with Crippen LogP contribution in [0.1, 0.15) is 5.56 Å². The van der Waals surface area contributed by atoms with Gasteiger partial charge in [0.15, 0.2) is 6.61 Å². The van der Waals surface area contributed by atoms with Gasteiger partial charge < -0.3 is 4.74 Å². The summed E-state index contributed by atoms with van der Waals surface area (Å²) in [7, 11) is 0. The van der Waals surface area contributed by atoms with Crippen molar-refractivity contribution in [1.29, 1.82) is 0 Å². The van der Waals surface area contributed by atoms with Crippen molar-refractivity contribution in [3.63, 3.8) is 0 Å². The van der Waals surface area contributed by atoms with Crippen LogP contribution in [0.25, 0.3) is 0 Å². The smallest absolute Gasteiger partial charge is 0.277 e. The number of rotatable bonds is 5. The van der Waals surface area contributed by atoms with Crippen LogP contribution in [0.15, 0.2) is 58.1 Å².